The van der Waals surface area contributed by atoms with Gasteiger partial charge in [-0.25, -0.2) is 9.59 Å². The summed E-state index contributed by atoms with van der Waals surface area (Å²) in [6.07, 6.45) is -7.01. The van der Waals surface area contributed by atoms with Gasteiger partial charge in [-0.2, -0.15) is 0 Å². The molecule has 0 saturated carbocycles. The fourth-order valence-electron chi connectivity index (χ4n) is 2.60. The molecule has 0 radical (unpaired) electrons. The van der Waals surface area contributed by atoms with E-state index in [2.05, 4.69) is 0 Å². The van der Waals surface area contributed by atoms with Crippen LogP contribution in [-0.2, 0) is 9.53 Å². The lowest BCUT2D eigenvalue weighted by molar-refractivity contribution is -0.300. The van der Waals surface area contributed by atoms with Crippen LogP contribution in [0.5, 0.6) is 5.75 Å². The molecule has 3 rings (SSSR count). The van der Waals surface area contributed by atoms with E-state index >= 15 is 0 Å². The predicted octanol–water partition coefficient (Wildman–Crippen LogP) is -0.546. The Morgan fingerprint density at radius 1 is 1.36 bits per heavy atom. The maximum atomic E-state index is 11.4. The van der Waals surface area contributed by atoms with Crippen LogP contribution in [0.25, 0.3) is 11.0 Å². The summed E-state index contributed by atoms with van der Waals surface area (Å²) in [6, 6.07) is 5.20. The molecule has 0 amide bonds. The van der Waals surface area contributed by atoms with Gasteiger partial charge in [0.15, 0.2) is 6.10 Å². The van der Waals surface area contributed by atoms with E-state index in [4.69, 9.17) is 20.4 Å². The van der Waals surface area contributed by atoms with Gasteiger partial charge >= 0.3 is 11.6 Å². The molecule has 0 spiro atoms. The second-order valence-corrected chi connectivity index (χ2v) is 5.88. The number of aliphatic carboxylic acids is 1. The van der Waals surface area contributed by atoms with E-state index in [1.165, 1.54) is 24.3 Å². The maximum absolute atomic E-state index is 11.4. The van der Waals surface area contributed by atoms with E-state index in [0.717, 1.165) is 6.92 Å². The number of carbonyl (C=O) groups is 1. The summed E-state index contributed by atoms with van der Waals surface area (Å²) in [6.45, 7) is 1.03. The lowest BCUT2D eigenvalue weighted by Crippen LogP contribution is -2.67. The van der Waals surface area contributed by atoms with Crippen LogP contribution in [0.3, 0.4) is 0 Å². The molecule has 5 atom stereocenters. The number of aliphatic hydroxyl groups excluding tert-OH is 2. The van der Waals surface area contributed by atoms with Crippen LogP contribution in [0, 0.1) is 0 Å². The highest BCUT2D eigenvalue weighted by Gasteiger charge is 2.55. The van der Waals surface area contributed by atoms with Gasteiger partial charge in [0.1, 0.15) is 29.1 Å². The molecule has 9 nitrogen and oxygen atoms in total. The maximum Gasteiger partial charge on any atom is 0.336 e. The number of hydrogen-bond acceptors (Lipinski definition) is 8. The Morgan fingerprint density at radius 2 is 2.08 bits per heavy atom. The van der Waals surface area contributed by atoms with Crippen LogP contribution in [0.1, 0.15) is 8.29 Å². The predicted molar refractivity (Wildman–Crippen MR) is 82.0 cm³/mol. The lowest BCUT2D eigenvalue weighted by Gasteiger charge is -2.44. The monoisotopic (exact) mass is 353 g/mol. The average Bonchev–Trinajstić information content (AvgIpc) is 2.56. The molecule has 2 aromatic rings. The zero-order chi connectivity index (χ0) is 19.2. The van der Waals surface area contributed by atoms with Gasteiger partial charge in [-0.3, -0.25) is 0 Å². The molecule has 1 saturated heterocycles. The Morgan fingerprint density at radius 3 is 2.76 bits per heavy atom. The minimum absolute atomic E-state index is 0.0558. The van der Waals surface area contributed by atoms with Gasteiger partial charge in [0, 0.05) is 17.5 Å². The number of fused-ring (bicyclic) bond motifs is 1. The molecular weight excluding hydrogens is 336 g/mol. The SMILES string of the molecule is [2H]c1cc2ccc(OC3O[C@H](C(=O)O)[C@@](C)(O)[C@H](O)[C@H]3O)cc2oc1=O. The topological polar surface area (TPSA) is 147 Å². The summed E-state index contributed by atoms with van der Waals surface area (Å²) >= 11 is 0. The molecule has 1 aromatic carbocycles. The van der Waals surface area contributed by atoms with Crippen molar-refractivity contribution in [2.24, 2.45) is 0 Å². The van der Waals surface area contributed by atoms with Crippen LogP contribution in [-0.4, -0.2) is 56.6 Å². The summed E-state index contributed by atoms with van der Waals surface area (Å²) in [5.41, 5.74) is -2.97. The first-order chi connectivity index (χ1) is 12.1. The second kappa shape index (κ2) is 6.12. The lowest BCUT2D eigenvalue weighted by atomic mass is 9.86. The van der Waals surface area contributed by atoms with E-state index in [1.807, 2.05) is 0 Å². The van der Waals surface area contributed by atoms with Crippen LogP contribution in [0.4, 0.5) is 0 Å². The molecule has 1 aliphatic heterocycles. The Labute approximate surface area is 142 Å². The molecule has 4 N–H and O–H groups in total. The van der Waals surface area contributed by atoms with Crippen molar-refractivity contribution in [1.29, 1.82) is 0 Å². The molecule has 0 bridgehead atoms. The number of ether oxygens (including phenoxy) is 2. The number of carboxylic acids is 1. The number of carboxylic acid groups (broad SMARTS) is 1. The average molecular weight is 353 g/mol. The van der Waals surface area contributed by atoms with Crippen LogP contribution >= 0.6 is 0 Å². The second-order valence-electron chi connectivity index (χ2n) is 5.88. The van der Waals surface area contributed by atoms with E-state index < -0.39 is 41.8 Å². The molecule has 1 aliphatic rings. The Hall–Kier alpha value is -2.46. The van der Waals surface area contributed by atoms with E-state index in [1.54, 1.807) is 0 Å². The van der Waals surface area contributed by atoms with Gasteiger partial charge in [0.25, 0.3) is 0 Å². The summed E-state index contributed by atoms with van der Waals surface area (Å²) < 4.78 is 22.8. The Balaban J connectivity index is 1.90. The van der Waals surface area contributed by atoms with Crippen molar-refractivity contribution in [1.82, 2.24) is 0 Å². The van der Waals surface area contributed by atoms with E-state index in [0.29, 0.717) is 5.39 Å². The highest BCUT2D eigenvalue weighted by molar-refractivity contribution is 5.77. The van der Waals surface area contributed by atoms with Gasteiger partial charge < -0.3 is 34.3 Å². The van der Waals surface area contributed by atoms with Crippen molar-refractivity contribution in [3.63, 3.8) is 0 Å². The number of rotatable bonds is 3. The molecule has 25 heavy (non-hydrogen) atoms. The molecule has 134 valence electrons. The van der Waals surface area contributed by atoms with Crippen molar-refractivity contribution in [3.8, 4) is 5.75 Å². The molecule has 1 aromatic heterocycles. The number of benzene rings is 1. The van der Waals surface area contributed by atoms with Gasteiger partial charge in [-0.1, -0.05) is 0 Å². The molecule has 0 aliphatic carbocycles. The first-order valence-corrected chi connectivity index (χ1v) is 7.29. The molecule has 1 unspecified atom stereocenters. The van der Waals surface area contributed by atoms with Crippen molar-refractivity contribution in [2.45, 2.75) is 37.1 Å². The zero-order valence-corrected chi connectivity index (χ0v) is 12.9. The molecular formula is C16H16O9. The van der Waals surface area contributed by atoms with Crippen molar-refractivity contribution < 1.29 is 40.5 Å². The Bertz CT molecular complexity index is 906. The van der Waals surface area contributed by atoms with Gasteiger partial charge in [0.2, 0.25) is 6.29 Å². The highest BCUT2D eigenvalue weighted by Crippen LogP contribution is 2.32. The number of aliphatic hydroxyl groups is 3. The Kier molecular flexibility index (Phi) is 3.92. The normalized spacial score (nSPS) is 33.0. The van der Waals surface area contributed by atoms with Gasteiger partial charge in [-0.05, 0) is 25.1 Å². The fourth-order valence-corrected chi connectivity index (χ4v) is 2.60. The first kappa shape index (κ1) is 16.0. The van der Waals surface area contributed by atoms with Crippen LogP contribution < -0.4 is 10.4 Å². The third-order valence-electron chi connectivity index (χ3n) is 4.01. The third-order valence-corrected chi connectivity index (χ3v) is 4.01. The molecule has 9 heteroatoms. The molecule has 2 heterocycles. The van der Waals surface area contributed by atoms with Crippen LogP contribution in [0.15, 0.2) is 39.5 Å². The third kappa shape index (κ3) is 3.10. The summed E-state index contributed by atoms with van der Waals surface area (Å²) in [5, 5.41) is 39.8. The van der Waals surface area contributed by atoms with Crippen LogP contribution in [0.2, 0.25) is 0 Å². The summed E-state index contributed by atoms with van der Waals surface area (Å²) in [4.78, 5) is 22.7. The van der Waals surface area contributed by atoms with E-state index in [9.17, 15) is 24.9 Å². The van der Waals surface area contributed by atoms with Crippen molar-refractivity contribution in [3.05, 3.63) is 40.7 Å². The molecule has 1 fully saturated rings. The quantitative estimate of drug-likeness (QED) is 0.534. The van der Waals surface area contributed by atoms with Crippen molar-refractivity contribution >= 4 is 16.9 Å². The largest absolute Gasteiger partial charge is 0.479 e. The fraction of sp³-hybridized carbons (Fsp3) is 0.375. The highest BCUT2D eigenvalue weighted by atomic mass is 16.7. The smallest absolute Gasteiger partial charge is 0.336 e. The first-order valence-electron chi connectivity index (χ1n) is 7.79. The number of hydrogen-bond donors (Lipinski definition) is 4. The van der Waals surface area contributed by atoms with Gasteiger partial charge in [0.05, 0.1) is 1.37 Å². The van der Waals surface area contributed by atoms with Crippen molar-refractivity contribution in [2.75, 3.05) is 0 Å². The minimum Gasteiger partial charge on any atom is -0.479 e. The van der Waals surface area contributed by atoms with E-state index in [-0.39, 0.29) is 17.4 Å². The summed E-state index contributed by atoms with van der Waals surface area (Å²) in [7, 11) is 0. The summed E-state index contributed by atoms with van der Waals surface area (Å²) in [5.74, 6) is -1.48. The minimum atomic E-state index is -2.23. The standard InChI is InChI=1S/C16H16O9/c1-16(22)12(19)11(18)15(25-13(16)14(20)21)23-8-4-2-7-3-5-10(17)24-9(7)6-8/h2-6,11-13,15,18-19,22H,1H3,(H,20,21)/t11-,12-,13-,15?,16+/m1/s1/i5D. The van der Waals surface area contributed by atoms with Gasteiger partial charge in [-0.15, -0.1) is 0 Å². The zero-order valence-electron chi connectivity index (χ0n) is 13.9.